The van der Waals surface area contributed by atoms with Crippen molar-refractivity contribution in [3.8, 4) is 6.07 Å². The van der Waals surface area contributed by atoms with E-state index in [0.717, 1.165) is 0 Å². The van der Waals surface area contributed by atoms with Crippen molar-refractivity contribution in [1.82, 2.24) is 5.43 Å². The summed E-state index contributed by atoms with van der Waals surface area (Å²) in [6.07, 6.45) is -2.41. The number of hydrazone groups is 1. The van der Waals surface area contributed by atoms with E-state index in [1.54, 1.807) is 6.07 Å². The van der Waals surface area contributed by atoms with Crippen LogP contribution < -0.4 is 5.43 Å². The normalized spacial score (nSPS) is 23.8. The van der Waals surface area contributed by atoms with E-state index >= 15 is 0 Å². The van der Waals surface area contributed by atoms with E-state index in [0.29, 0.717) is 0 Å². The van der Waals surface area contributed by atoms with Crippen LogP contribution in [-0.2, 0) is 0 Å². The molecule has 0 aromatic heterocycles. The van der Waals surface area contributed by atoms with Gasteiger partial charge >= 0.3 is 0 Å². The molecule has 0 saturated carbocycles. The lowest BCUT2D eigenvalue weighted by molar-refractivity contribution is 0.106. The van der Waals surface area contributed by atoms with Gasteiger partial charge in [-0.3, -0.25) is 5.43 Å². The first kappa shape index (κ1) is 6.93. The molecule has 0 radical (unpaired) electrons. The van der Waals surface area contributed by atoms with E-state index in [1.807, 2.05) is 0 Å². The minimum atomic E-state index is -2.45. The summed E-state index contributed by atoms with van der Waals surface area (Å²) in [5.74, 6) is 0. The summed E-state index contributed by atoms with van der Waals surface area (Å²) in [4.78, 5) is 0. The highest BCUT2D eigenvalue weighted by atomic mass is 19.3. The number of alkyl halides is 2. The van der Waals surface area contributed by atoms with Crippen LogP contribution in [0.4, 0.5) is 8.78 Å². The fourth-order valence-corrected chi connectivity index (χ4v) is 0.676. The average molecular weight is 145 g/mol. The zero-order chi connectivity index (χ0) is 7.56. The van der Waals surface area contributed by atoms with Crippen LogP contribution >= 0.6 is 0 Å². The zero-order valence-electron chi connectivity index (χ0n) is 5.01. The molecule has 0 aliphatic carbocycles. The third-order valence-corrected chi connectivity index (χ3v) is 1.21. The predicted octanol–water partition coefficient (Wildman–Crippen LogP) is 0.493. The van der Waals surface area contributed by atoms with Crippen LogP contribution in [0.15, 0.2) is 5.10 Å². The molecule has 0 spiro atoms. The van der Waals surface area contributed by atoms with Crippen LogP contribution in [0.2, 0.25) is 0 Å². The Balaban J connectivity index is 2.46. The van der Waals surface area contributed by atoms with Crippen molar-refractivity contribution in [3.05, 3.63) is 0 Å². The van der Waals surface area contributed by atoms with Gasteiger partial charge in [-0.25, -0.2) is 8.78 Å². The maximum Gasteiger partial charge on any atom is 0.260 e. The summed E-state index contributed by atoms with van der Waals surface area (Å²) >= 11 is 0. The van der Waals surface area contributed by atoms with Crippen molar-refractivity contribution in [2.24, 2.45) is 5.10 Å². The Morgan fingerprint density at radius 2 is 2.50 bits per heavy atom. The molecule has 1 rings (SSSR count). The van der Waals surface area contributed by atoms with E-state index in [2.05, 4.69) is 10.5 Å². The SMILES string of the molecule is N#CC1=NN[C@@H](C(F)F)C1. The number of nitrogens with one attached hydrogen (secondary N) is 1. The maximum absolute atomic E-state index is 11.8. The van der Waals surface area contributed by atoms with Crippen molar-refractivity contribution >= 4 is 5.71 Å². The highest BCUT2D eigenvalue weighted by Gasteiger charge is 2.26. The molecule has 0 aromatic rings. The number of hydrogen-bond donors (Lipinski definition) is 1. The van der Waals surface area contributed by atoms with Crippen molar-refractivity contribution in [1.29, 1.82) is 5.26 Å². The second kappa shape index (κ2) is 2.60. The number of nitrogens with zero attached hydrogens (tertiary/aromatic N) is 2. The van der Waals surface area contributed by atoms with Gasteiger partial charge in [0.05, 0.1) is 0 Å². The minimum Gasteiger partial charge on any atom is -0.300 e. The number of halogens is 2. The van der Waals surface area contributed by atoms with Gasteiger partial charge in [0.25, 0.3) is 6.43 Å². The summed E-state index contributed by atoms with van der Waals surface area (Å²) in [7, 11) is 0. The van der Waals surface area contributed by atoms with Crippen LogP contribution in [0.1, 0.15) is 6.42 Å². The lowest BCUT2D eigenvalue weighted by atomic mass is 10.2. The first-order chi connectivity index (χ1) is 4.74. The highest BCUT2D eigenvalue weighted by molar-refractivity contribution is 5.99. The summed E-state index contributed by atoms with van der Waals surface area (Å²) in [5, 5.41) is 11.6. The van der Waals surface area contributed by atoms with Crippen molar-refractivity contribution in [2.45, 2.75) is 18.9 Å². The molecular formula is C5H5F2N3. The summed E-state index contributed by atoms with van der Waals surface area (Å²) in [6, 6.07) is 0.740. The first-order valence-corrected chi connectivity index (χ1v) is 2.74. The topological polar surface area (TPSA) is 48.2 Å². The molecule has 1 aliphatic rings. The molecule has 5 heteroatoms. The highest BCUT2D eigenvalue weighted by Crippen LogP contribution is 2.10. The fraction of sp³-hybridized carbons (Fsp3) is 0.600. The third-order valence-electron chi connectivity index (χ3n) is 1.21. The monoisotopic (exact) mass is 145 g/mol. The lowest BCUT2D eigenvalue weighted by Gasteiger charge is -2.05. The molecule has 10 heavy (non-hydrogen) atoms. The zero-order valence-corrected chi connectivity index (χ0v) is 5.01. The van der Waals surface area contributed by atoms with Gasteiger partial charge in [-0.1, -0.05) is 0 Å². The Bertz CT molecular complexity index is 194. The Kier molecular flexibility index (Phi) is 1.81. The standard InChI is InChI=1S/C5H5F2N3/c6-5(7)4-1-3(2-8)9-10-4/h4-5,10H,1H2/t4-/m1/s1. The average Bonchev–Trinajstić information content (AvgIpc) is 2.34. The number of nitriles is 1. The van der Waals surface area contributed by atoms with E-state index in [4.69, 9.17) is 5.26 Å². The molecule has 1 heterocycles. The quantitative estimate of drug-likeness (QED) is 0.583. The van der Waals surface area contributed by atoms with Crippen molar-refractivity contribution in [3.63, 3.8) is 0 Å². The van der Waals surface area contributed by atoms with E-state index < -0.39 is 12.5 Å². The minimum absolute atomic E-state index is 0.0359. The number of rotatable bonds is 1. The third kappa shape index (κ3) is 1.21. The molecule has 1 N–H and O–H groups in total. The largest absolute Gasteiger partial charge is 0.300 e. The smallest absolute Gasteiger partial charge is 0.260 e. The van der Waals surface area contributed by atoms with Crippen LogP contribution in [-0.4, -0.2) is 18.2 Å². The summed E-state index contributed by atoms with van der Waals surface area (Å²) in [6.45, 7) is 0. The molecule has 1 aliphatic heterocycles. The van der Waals surface area contributed by atoms with Gasteiger partial charge in [-0.15, -0.1) is 0 Å². The van der Waals surface area contributed by atoms with Crippen LogP contribution in [0.25, 0.3) is 0 Å². The maximum atomic E-state index is 11.8. The van der Waals surface area contributed by atoms with Gasteiger partial charge in [-0.05, 0) is 0 Å². The second-order valence-corrected chi connectivity index (χ2v) is 1.94. The number of hydrogen-bond acceptors (Lipinski definition) is 3. The first-order valence-electron chi connectivity index (χ1n) is 2.74. The molecule has 3 nitrogen and oxygen atoms in total. The van der Waals surface area contributed by atoms with E-state index in [9.17, 15) is 8.78 Å². The van der Waals surface area contributed by atoms with Gasteiger partial charge in [0.15, 0.2) is 0 Å². The summed E-state index contributed by atoms with van der Waals surface area (Å²) < 4.78 is 23.6. The Morgan fingerprint density at radius 3 is 2.80 bits per heavy atom. The van der Waals surface area contributed by atoms with Gasteiger partial charge in [0, 0.05) is 6.42 Å². The molecule has 0 amide bonds. The Hall–Kier alpha value is -1.18. The van der Waals surface area contributed by atoms with Crippen molar-refractivity contribution < 1.29 is 8.78 Å². The molecule has 1 atom stereocenters. The summed E-state index contributed by atoms with van der Waals surface area (Å²) in [5.41, 5.74) is 2.32. The molecule has 0 aromatic carbocycles. The second-order valence-electron chi connectivity index (χ2n) is 1.94. The van der Waals surface area contributed by atoms with Gasteiger partial charge in [-0.2, -0.15) is 10.4 Å². The predicted molar refractivity (Wildman–Crippen MR) is 30.6 cm³/mol. The molecular weight excluding hydrogens is 140 g/mol. The molecule has 0 unspecified atom stereocenters. The van der Waals surface area contributed by atoms with E-state index in [-0.39, 0.29) is 12.1 Å². The molecule has 0 saturated heterocycles. The molecule has 54 valence electrons. The molecule has 0 bridgehead atoms. The molecule has 0 fully saturated rings. The Morgan fingerprint density at radius 1 is 1.80 bits per heavy atom. The van der Waals surface area contributed by atoms with E-state index in [1.165, 1.54) is 0 Å². The van der Waals surface area contributed by atoms with Crippen LogP contribution in [0.5, 0.6) is 0 Å². The lowest BCUT2D eigenvalue weighted by Crippen LogP contribution is -2.27. The van der Waals surface area contributed by atoms with Gasteiger partial charge in [0.2, 0.25) is 0 Å². The fourth-order valence-electron chi connectivity index (χ4n) is 0.676. The van der Waals surface area contributed by atoms with Crippen LogP contribution in [0, 0.1) is 11.3 Å². The van der Waals surface area contributed by atoms with Gasteiger partial charge < -0.3 is 0 Å². The van der Waals surface area contributed by atoms with Crippen LogP contribution in [0.3, 0.4) is 0 Å². The Labute approximate surface area is 56.3 Å². The van der Waals surface area contributed by atoms with Crippen molar-refractivity contribution in [2.75, 3.05) is 0 Å². The van der Waals surface area contributed by atoms with Gasteiger partial charge in [0.1, 0.15) is 17.8 Å².